The number of hydrogen-bond donors (Lipinski definition) is 2. The van der Waals surface area contributed by atoms with Crippen LogP contribution in [0, 0.1) is 17.6 Å². The number of nitrogens with two attached hydrogens (primary N) is 1. The van der Waals surface area contributed by atoms with Gasteiger partial charge < -0.3 is 16.0 Å². The third kappa shape index (κ3) is 3.69. The van der Waals surface area contributed by atoms with Crippen molar-refractivity contribution in [2.75, 3.05) is 18.0 Å². The molecule has 124 valence electrons. The summed E-state index contributed by atoms with van der Waals surface area (Å²) in [6, 6.07) is 3.81. The van der Waals surface area contributed by atoms with Gasteiger partial charge >= 0.3 is 0 Å². The lowest BCUT2D eigenvalue weighted by atomic mass is 10.0. The maximum atomic E-state index is 13.8. The quantitative estimate of drug-likeness (QED) is 0.834. The molecule has 1 fully saturated rings. The summed E-state index contributed by atoms with van der Waals surface area (Å²) in [5, 5.41) is 2.96. The first kappa shape index (κ1) is 15.9. The van der Waals surface area contributed by atoms with Crippen LogP contribution < -0.4 is 16.0 Å². The van der Waals surface area contributed by atoms with Crippen LogP contribution in [0.15, 0.2) is 30.4 Å². The highest BCUT2D eigenvalue weighted by Gasteiger charge is 2.28. The second kappa shape index (κ2) is 6.66. The highest BCUT2D eigenvalue weighted by atomic mass is 19.1. The van der Waals surface area contributed by atoms with E-state index in [0.29, 0.717) is 25.9 Å². The van der Waals surface area contributed by atoms with Crippen molar-refractivity contribution < 1.29 is 13.6 Å². The van der Waals surface area contributed by atoms with Crippen LogP contribution >= 0.6 is 0 Å². The standard InChI is InChI=1S/C17H21F2N3O/c18-14-2-1-3-15(19)17(14)22-7-6-13(10-22)21-16(23)9-11-4-5-12(20)8-11/h1-5,11-13H,6-10,20H2,(H,21,23)/t11-,12+,13?/m1/s1. The number of hydrogen-bond acceptors (Lipinski definition) is 3. The average Bonchev–Trinajstić information content (AvgIpc) is 3.08. The predicted octanol–water partition coefficient (Wildman–Crippen LogP) is 1.95. The van der Waals surface area contributed by atoms with Crippen molar-refractivity contribution in [3.8, 4) is 0 Å². The van der Waals surface area contributed by atoms with Gasteiger partial charge in [-0.3, -0.25) is 4.79 Å². The van der Waals surface area contributed by atoms with Crippen molar-refractivity contribution in [2.45, 2.75) is 31.3 Å². The van der Waals surface area contributed by atoms with E-state index >= 15 is 0 Å². The fraction of sp³-hybridized carbons (Fsp3) is 0.471. The number of halogens is 2. The minimum Gasteiger partial charge on any atom is -0.365 e. The number of nitrogens with one attached hydrogen (secondary N) is 1. The molecule has 1 aliphatic heterocycles. The number of anilines is 1. The van der Waals surface area contributed by atoms with Crippen LogP contribution in [0.4, 0.5) is 14.5 Å². The summed E-state index contributed by atoms with van der Waals surface area (Å²) in [4.78, 5) is 13.7. The summed E-state index contributed by atoms with van der Waals surface area (Å²) < 4.78 is 27.6. The first-order valence-electron chi connectivity index (χ1n) is 7.95. The monoisotopic (exact) mass is 321 g/mol. The van der Waals surface area contributed by atoms with Crippen LogP contribution in [0.5, 0.6) is 0 Å². The van der Waals surface area contributed by atoms with Gasteiger partial charge in [-0.25, -0.2) is 8.78 Å². The number of amides is 1. The van der Waals surface area contributed by atoms with Crippen LogP contribution in [0.1, 0.15) is 19.3 Å². The molecule has 3 atom stereocenters. The SMILES string of the molecule is N[C@H]1C=C[C@@H](CC(=O)NC2CCN(c3c(F)cccc3F)C2)C1. The number of benzene rings is 1. The van der Waals surface area contributed by atoms with E-state index in [0.717, 1.165) is 6.42 Å². The number of rotatable bonds is 4. The molecule has 1 amide bonds. The van der Waals surface area contributed by atoms with Crippen molar-refractivity contribution in [1.82, 2.24) is 5.32 Å². The van der Waals surface area contributed by atoms with E-state index in [9.17, 15) is 13.6 Å². The fourth-order valence-corrected chi connectivity index (χ4v) is 3.35. The molecule has 1 aliphatic carbocycles. The molecule has 0 spiro atoms. The Labute approximate surface area is 134 Å². The van der Waals surface area contributed by atoms with Gasteiger partial charge in [-0.1, -0.05) is 18.2 Å². The maximum Gasteiger partial charge on any atom is 0.220 e. The summed E-state index contributed by atoms with van der Waals surface area (Å²) >= 11 is 0. The molecule has 2 aliphatic rings. The van der Waals surface area contributed by atoms with Crippen molar-refractivity contribution in [3.05, 3.63) is 42.0 Å². The smallest absolute Gasteiger partial charge is 0.220 e. The van der Waals surface area contributed by atoms with Crippen molar-refractivity contribution >= 4 is 11.6 Å². The minimum absolute atomic E-state index is 0.00560. The Bertz CT molecular complexity index is 600. The van der Waals surface area contributed by atoms with Gasteiger partial charge in [-0.2, -0.15) is 0 Å². The topological polar surface area (TPSA) is 58.4 Å². The van der Waals surface area contributed by atoms with Crippen molar-refractivity contribution in [3.63, 3.8) is 0 Å². The zero-order valence-corrected chi connectivity index (χ0v) is 12.8. The summed E-state index contributed by atoms with van der Waals surface area (Å²) in [6.45, 7) is 0.945. The van der Waals surface area contributed by atoms with Gasteiger partial charge in [0, 0.05) is 31.6 Å². The van der Waals surface area contributed by atoms with Crippen LogP contribution in [0.25, 0.3) is 0 Å². The molecule has 0 radical (unpaired) electrons. The van der Waals surface area contributed by atoms with Crippen molar-refractivity contribution in [2.24, 2.45) is 11.7 Å². The number of carbonyl (C=O) groups excluding carboxylic acids is 1. The lowest BCUT2D eigenvalue weighted by Gasteiger charge is -2.20. The first-order valence-corrected chi connectivity index (χ1v) is 7.95. The van der Waals surface area contributed by atoms with Gasteiger partial charge in [0.2, 0.25) is 5.91 Å². The van der Waals surface area contributed by atoms with Crippen LogP contribution in [0.3, 0.4) is 0 Å². The minimum atomic E-state index is -0.568. The van der Waals surface area contributed by atoms with Gasteiger partial charge in [0.25, 0.3) is 0 Å². The molecule has 1 unspecified atom stereocenters. The molecule has 1 aromatic carbocycles. The normalized spacial score (nSPS) is 26.7. The summed E-state index contributed by atoms with van der Waals surface area (Å²) in [5.41, 5.74) is 5.77. The Hall–Kier alpha value is -1.95. The molecule has 6 heteroatoms. The molecular formula is C17H21F2N3O. The second-order valence-corrected chi connectivity index (χ2v) is 6.32. The largest absolute Gasteiger partial charge is 0.365 e. The van der Waals surface area contributed by atoms with E-state index in [2.05, 4.69) is 5.32 Å². The summed E-state index contributed by atoms with van der Waals surface area (Å²) in [5.74, 6) is -0.981. The molecule has 0 saturated carbocycles. The van der Waals surface area contributed by atoms with E-state index in [1.165, 1.54) is 18.2 Å². The Kier molecular flexibility index (Phi) is 4.61. The van der Waals surface area contributed by atoms with Gasteiger partial charge in [-0.05, 0) is 30.9 Å². The molecule has 3 N–H and O–H groups in total. The predicted molar refractivity (Wildman–Crippen MR) is 85.0 cm³/mol. The Balaban J connectivity index is 1.54. The lowest BCUT2D eigenvalue weighted by Crippen LogP contribution is -2.38. The van der Waals surface area contributed by atoms with Crippen LogP contribution in [0.2, 0.25) is 0 Å². The van der Waals surface area contributed by atoms with Crippen molar-refractivity contribution in [1.29, 1.82) is 0 Å². The Morgan fingerprint density at radius 3 is 2.70 bits per heavy atom. The van der Waals surface area contributed by atoms with E-state index in [-0.39, 0.29) is 29.6 Å². The number of carbonyl (C=O) groups is 1. The second-order valence-electron chi connectivity index (χ2n) is 6.32. The maximum absolute atomic E-state index is 13.8. The third-order valence-corrected chi connectivity index (χ3v) is 4.46. The van der Waals surface area contributed by atoms with Gasteiger partial charge in [-0.15, -0.1) is 0 Å². The van der Waals surface area contributed by atoms with E-state index in [1.807, 2.05) is 12.2 Å². The fourth-order valence-electron chi connectivity index (χ4n) is 3.35. The zero-order valence-electron chi connectivity index (χ0n) is 12.8. The highest BCUT2D eigenvalue weighted by Crippen LogP contribution is 2.27. The number of para-hydroxylation sites is 1. The summed E-state index contributed by atoms with van der Waals surface area (Å²) in [6.07, 6.45) is 5.80. The summed E-state index contributed by atoms with van der Waals surface area (Å²) in [7, 11) is 0. The van der Waals surface area contributed by atoms with Crippen LogP contribution in [-0.4, -0.2) is 31.1 Å². The van der Waals surface area contributed by atoms with Crippen LogP contribution in [-0.2, 0) is 4.79 Å². The Morgan fingerprint density at radius 1 is 1.30 bits per heavy atom. The molecule has 4 nitrogen and oxygen atoms in total. The van der Waals surface area contributed by atoms with E-state index in [4.69, 9.17) is 5.73 Å². The highest BCUT2D eigenvalue weighted by molar-refractivity contribution is 5.77. The Morgan fingerprint density at radius 2 is 2.04 bits per heavy atom. The molecular weight excluding hydrogens is 300 g/mol. The lowest BCUT2D eigenvalue weighted by molar-refractivity contribution is -0.122. The molecule has 0 bridgehead atoms. The van der Waals surface area contributed by atoms with Gasteiger partial charge in [0.05, 0.1) is 0 Å². The molecule has 1 heterocycles. The van der Waals surface area contributed by atoms with E-state index < -0.39 is 11.6 Å². The average molecular weight is 321 g/mol. The third-order valence-electron chi connectivity index (χ3n) is 4.46. The van der Waals surface area contributed by atoms with E-state index in [1.54, 1.807) is 4.90 Å². The molecule has 1 saturated heterocycles. The van der Waals surface area contributed by atoms with Gasteiger partial charge in [0.1, 0.15) is 17.3 Å². The molecule has 0 aromatic heterocycles. The molecule has 1 aromatic rings. The first-order chi connectivity index (χ1) is 11.0. The molecule has 23 heavy (non-hydrogen) atoms. The molecule has 3 rings (SSSR count). The zero-order chi connectivity index (χ0) is 16.4. The van der Waals surface area contributed by atoms with Gasteiger partial charge in [0.15, 0.2) is 0 Å². The number of allylic oxidation sites excluding steroid dienone is 1. The number of nitrogens with zero attached hydrogens (tertiary/aromatic N) is 1.